The molecule has 0 amide bonds. The van der Waals surface area contributed by atoms with Crippen LogP contribution in [0.15, 0.2) is 9.72 Å². The molecule has 1 aromatic rings. The minimum absolute atomic E-state index is 0.0608. The summed E-state index contributed by atoms with van der Waals surface area (Å²) in [4.78, 5) is 3.78. The van der Waals surface area contributed by atoms with Gasteiger partial charge in [0, 0.05) is 11.9 Å². The van der Waals surface area contributed by atoms with Gasteiger partial charge in [-0.05, 0) is 37.0 Å². The quantitative estimate of drug-likeness (QED) is 0.925. The van der Waals surface area contributed by atoms with Crippen molar-refractivity contribution >= 4 is 33.0 Å². The molecule has 0 aliphatic heterocycles. The maximum atomic E-state index is 11.9. The molecule has 7 heteroatoms. The fourth-order valence-electron chi connectivity index (χ4n) is 2.66. The highest BCUT2D eigenvalue weighted by Gasteiger charge is 2.45. The van der Waals surface area contributed by atoms with Crippen molar-refractivity contribution < 1.29 is 8.42 Å². The number of nitrogens with one attached hydrogen (secondary N) is 1. The van der Waals surface area contributed by atoms with Gasteiger partial charge in [-0.3, -0.25) is 0 Å². The van der Waals surface area contributed by atoms with Crippen molar-refractivity contribution in [1.82, 2.24) is 9.71 Å². The van der Waals surface area contributed by atoms with E-state index in [-0.39, 0.29) is 9.49 Å². The molecule has 3 rings (SSSR count). The Balaban J connectivity index is 1.60. The van der Waals surface area contributed by atoms with Crippen LogP contribution in [0.5, 0.6) is 0 Å². The third-order valence-electron chi connectivity index (χ3n) is 3.59. The zero-order valence-electron chi connectivity index (χ0n) is 9.10. The number of nitrogens with zero attached hydrogens (tertiary/aromatic N) is 1. The molecule has 0 radical (unpaired) electrons. The minimum atomic E-state index is -3.46. The molecule has 2 aliphatic carbocycles. The lowest BCUT2D eigenvalue weighted by atomic mass is 10.0. The predicted octanol–water partition coefficient (Wildman–Crippen LogP) is 2.12. The van der Waals surface area contributed by atoms with E-state index >= 15 is 0 Å². The normalized spacial score (nSPS) is 31.5. The van der Waals surface area contributed by atoms with Gasteiger partial charge in [-0.15, -0.1) is 11.3 Å². The number of aromatic nitrogens is 1. The Kier molecular flexibility index (Phi) is 2.93. The smallest absolute Gasteiger partial charge is 0.212 e. The number of halogens is 1. The van der Waals surface area contributed by atoms with Crippen molar-refractivity contribution in [1.29, 1.82) is 0 Å². The van der Waals surface area contributed by atoms with Gasteiger partial charge in [-0.2, -0.15) is 0 Å². The largest absolute Gasteiger partial charge is 0.267 e. The average molecular weight is 293 g/mol. The Morgan fingerprint density at radius 3 is 2.71 bits per heavy atom. The third-order valence-corrected chi connectivity index (χ3v) is 6.59. The van der Waals surface area contributed by atoms with Gasteiger partial charge in [0.2, 0.25) is 4.34 Å². The number of sulfonamides is 1. The Morgan fingerprint density at radius 2 is 2.12 bits per heavy atom. The molecule has 94 valence electrons. The molecule has 1 aromatic heterocycles. The first-order valence-corrected chi connectivity index (χ1v) is 8.39. The van der Waals surface area contributed by atoms with Gasteiger partial charge in [0.15, 0.2) is 0 Å². The third kappa shape index (κ3) is 2.50. The zero-order chi connectivity index (χ0) is 12.0. The number of fused-ring (bicyclic) bond motifs is 1. The van der Waals surface area contributed by atoms with Crippen LogP contribution in [0, 0.1) is 17.8 Å². The number of hydrogen-bond acceptors (Lipinski definition) is 4. The summed E-state index contributed by atoms with van der Waals surface area (Å²) in [5.41, 5.74) is 0. The van der Waals surface area contributed by atoms with E-state index in [0.717, 1.165) is 23.2 Å². The number of thiazole rings is 1. The SMILES string of the molecule is O=S(=O)(NCC1CC2CC2C1)c1nc(Cl)cs1. The van der Waals surface area contributed by atoms with Gasteiger partial charge in [-0.25, -0.2) is 18.1 Å². The highest BCUT2D eigenvalue weighted by molar-refractivity contribution is 7.91. The van der Waals surface area contributed by atoms with Crippen LogP contribution < -0.4 is 4.72 Å². The van der Waals surface area contributed by atoms with E-state index in [9.17, 15) is 8.42 Å². The first kappa shape index (κ1) is 11.9. The number of hydrogen-bond donors (Lipinski definition) is 1. The van der Waals surface area contributed by atoms with Crippen LogP contribution in [0.4, 0.5) is 0 Å². The summed E-state index contributed by atoms with van der Waals surface area (Å²) in [6, 6.07) is 0. The Morgan fingerprint density at radius 1 is 1.41 bits per heavy atom. The summed E-state index contributed by atoms with van der Waals surface area (Å²) < 4.78 is 26.4. The van der Waals surface area contributed by atoms with Crippen LogP contribution in [-0.2, 0) is 10.0 Å². The van der Waals surface area contributed by atoms with Crippen molar-refractivity contribution in [3.8, 4) is 0 Å². The van der Waals surface area contributed by atoms with Crippen LogP contribution in [-0.4, -0.2) is 19.9 Å². The summed E-state index contributed by atoms with van der Waals surface area (Å²) in [5, 5.41) is 1.76. The van der Waals surface area contributed by atoms with Crippen molar-refractivity contribution in [3.63, 3.8) is 0 Å². The van der Waals surface area contributed by atoms with Gasteiger partial charge in [0.05, 0.1) is 0 Å². The summed E-state index contributed by atoms with van der Waals surface area (Å²) in [7, 11) is -3.46. The fraction of sp³-hybridized carbons (Fsp3) is 0.700. The van der Waals surface area contributed by atoms with Gasteiger partial charge in [0.25, 0.3) is 10.0 Å². The molecule has 2 saturated carbocycles. The molecular formula is C10H13ClN2O2S2. The van der Waals surface area contributed by atoms with Crippen LogP contribution in [0.3, 0.4) is 0 Å². The molecule has 1 heterocycles. The van der Waals surface area contributed by atoms with Crippen molar-refractivity contribution in [2.45, 2.75) is 23.6 Å². The topological polar surface area (TPSA) is 59.1 Å². The molecule has 4 nitrogen and oxygen atoms in total. The maximum absolute atomic E-state index is 11.9. The molecule has 2 atom stereocenters. The van der Waals surface area contributed by atoms with Crippen LogP contribution in [0.1, 0.15) is 19.3 Å². The van der Waals surface area contributed by atoms with Gasteiger partial charge >= 0.3 is 0 Å². The highest BCUT2D eigenvalue weighted by atomic mass is 35.5. The summed E-state index contributed by atoms with van der Waals surface area (Å²) in [5.74, 6) is 2.25. The van der Waals surface area contributed by atoms with Gasteiger partial charge in [0.1, 0.15) is 5.15 Å². The lowest BCUT2D eigenvalue weighted by molar-refractivity contribution is 0.474. The van der Waals surface area contributed by atoms with E-state index in [1.54, 1.807) is 0 Å². The second-order valence-electron chi connectivity index (χ2n) is 4.88. The predicted molar refractivity (Wildman–Crippen MR) is 66.6 cm³/mol. The molecule has 2 unspecified atom stereocenters. The van der Waals surface area contributed by atoms with E-state index in [4.69, 9.17) is 11.6 Å². The maximum Gasteiger partial charge on any atom is 0.267 e. The summed E-state index contributed by atoms with van der Waals surface area (Å²) in [6.07, 6.45) is 3.70. The molecule has 2 fully saturated rings. The summed E-state index contributed by atoms with van der Waals surface area (Å²) >= 11 is 6.68. The Labute approximate surface area is 109 Å². The second kappa shape index (κ2) is 4.19. The van der Waals surface area contributed by atoms with Crippen LogP contribution in [0.25, 0.3) is 0 Å². The van der Waals surface area contributed by atoms with Crippen LogP contribution in [0.2, 0.25) is 5.15 Å². The molecular weight excluding hydrogens is 280 g/mol. The fourth-order valence-corrected chi connectivity index (χ4v) is 5.00. The van der Waals surface area contributed by atoms with E-state index < -0.39 is 10.0 Å². The lowest BCUT2D eigenvalue weighted by Gasteiger charge is -2.11. The average Bonchev–Trinajstić information content (AvgIpc) is 2.72. The molecule has 17 heavy (non-hydrogen) atoms. The van der Waals surface area contributed by atoms with Crippen LogP contribution >= 0.6 is 22.9 Å². The van der Waals surface area contributed by atoms with E-state index in [1.807, 2.05) is 0 Å². The summed E-state index contributed by atoms with van der Waals surface area (Å²) in [6.45, 7) is 0.534. The Bertz CT molecular complexity index is 518. The molecule has 1 N–H and O–H groups in total. The molecule has 0 spiro atoms. The minimum Gasteiger partial charge on any atom is -0.212 e. The molecule has 0 saturated heterocycles. The van der Waals surface area contributed by atoms with Crippen molar-refractivity contribution in [2.75, 3.05) is 6.54 Å². The number of rotatable bonds is 4. The first-order valence-electron chi connectivity index (χ1n) is 5.65. The van der Waals surface area contributed by atoms with Crippen molar-refractivity contribution in [2.24, 2.45) is 17.8 Å². The molecule has 2 aliphatic rings. The van der Waals surface area contributed by atoms with Gasteiger partial charge < -0.3 is 0 Å². The first-order chi connectivity index (χ1) is 8.04. The lowest BCUT2D eigenvalue weighted by Crippen LogP contribution is -2.28. The Hall–Kier alpha value is -0.170. The second-order valence-corrected chi connectivity index (χ2v) is 8.07. The van der Waals surface area contributed by atoms with E-state index in [2.05, 4.69) is 9.71 Å². The van der Waals surface area contributed by atoms with E-state index in [0.29, 0.717) is 12.5 Å². The van der Waals surface area contributed by atoms with Gasteiger partial charge in [-0.1, -0.05) is 11.6 Å². The van der Waals surface area contributed by atoms with E-state index in [1.165, 1.54) is 24.6 Å². The molecule has 0 aromatic carbocycles. The highest BCUT2D eigenvalue weighted by Crippen LogP contribution is 2.54. The van der Waals surface area contributed by atoms with Crippen molar-refractivity contribution in [3.05, 3.63) is 10.5 Å². The monoisotopic (exact) mass is 292 g/mol. The zero-order valence-corrected chi connectivity index (χ0v) is 11.5. The standard InChI is InChI=1S/C10H13ClN2O2S2/c11-9-5-16-10(13-9)17(14,15)12-4-6-1-7-3-8(7)2-6/h5-8,12H,1-4H2. The molecule has 0 bridgehead atoms.